The van der Waals surface area contributed by atoms with Crippen molar-refractivity contribution in [2.24, 2.45) is 0 Å². The Hall–Kier alpha value is -2.08. The van der Waals surface area contributed by atoms with Gasteiger partial charge in [0.1, 0.15) is 11.6 Å². The monoisotopic (exact) mass is 348 g/mol. The zero-order valence-corrected chi connectivity index (χ0v) is 15.4. The molecule has 3 atom stereocenters. The molecule has 0 bridgehead atoms. The molecule has 0 saturated carbocycles. The van der Waals surface area contributed by atoms with Crippen LogP contribution in [0.25, 0.3) is 0 Å². The fourth-order valence-electron chi connectivity index (χ4n) is 2.77. The highest BCUT2D eigenvalue weighted by Gasteiger charge is 2.29. The summed E-state index contributed by atoms with van der Waals surface area (Å²) in [6, 6.07) is 8.19. The molecule has 6 nitrogen and oxygen atoms in total. The van der Waals surface area contributed by atoms with Crippen molar-refractivity contribution in [3.8, 4) is 0 Å². The number of rotatable bonds is 5. The van der Waals surface area contributed by atoms with Crippen molar-refractivity contribution in [3.05, 3.63) is 35.9 Å². The zero-order valence-electron chi connectivity index (χ0n) is 15.4. The average Bonchev–Trinajstić information content (AvgIpc) is 3.06. The SMILES string of the molecule is CC(NC(=O)[C@@H](NC(=O)OC(C)(C)C)c1ccccc1)C1CCCO1. The highest BCUT2D eigenvalue weighted by atomic mass is 16.6. The van der Waals surface area contributed by atoms with E-state index >= 15 is 0 Å². The number of hydrogen-bond donors (Lipinski definition) is 2. The molecular formula is C19H28N2O4. The second-order valence-electron chi connectivity index (χ2n) is 7.34. The van der Waals surface area contributed by atoms with Crippen LogP contribution in [-0.4, -0.2) is 36.4 Å². The fourth-order valence-corrected chi connectivity index (χ4v) is 2.77. The van der Waals surface area contributed by atoms with Crippen molar-refractivity contribution in [1.29, 1.82) is 0 Å². The summed E-state index contributed by atoms with van der Waals surface area (Å²) in [5.74, 6) is -0.278. The van der Waals surface area contributed by atoms with E-state index < -0.39 is 17.7 Å². The van der Waals surface area contributed by atoms with Crippen LogP contribution in [0.1, 0.15) is 52.1 Å². The van der Waals surface area contributed by atoms with Crippen molar-refractivity contribution >= 4 is 12.0 Å². The summed E-state index contributed by atoms with van der Waals surface area (Å²) in [6.45, 7) is 7.99. The van der Waals surface area contributed by atoms with Gasteiger partial charge in [-0.15, -0.1) is 0 Å². The Morgan fingerprint density at radius 3 is 2.44 bits per heavy atom. The summed E-state index contributed by atoms with van der Waals surface area (Å²) in [4.78, 5) is 24.9. The van der Waals surface area contributed by atoms with Gasteiger partial charge in [-0.25, -0.2) is 4.79 Å². The predicted octanol–water partition coefficient (Wildman–Crippen LogP) is 2.94. The van der Waals surface area contributed by atoms with E-state index in [0.29, 0.717) is 5.56 Å². The smallest absolute Gasteiger partial charge is 0.408 e. The highest BCUT2D eigenvalue weighted by molar-refractivity contribution is 5.87. The van der Waals surface area contributed by atoms with Crippen molar-refractivity contribution in [2.75, 3.05) is 6.61 Å². The van der Waals surface area contributed by atoms with Crippen molar-refractivity contribution in [3.63, 3.8) is 0 Å². The fraction of sp³-hybridized carbons (Fsp3) is 0.579. The number of ether oxygens (including phenoxy) is 2. The van der Waals surface area contributed by atoms with Crippen LogP contribution in [0.3, 0.4) is 0 Å². The molecule has 2 rings (SSSR count). The number of alkyl carbamates (subject to hydrolysis) is 1. The maximum atomic E-state index is 12.8. The maximum absolute atomic E-state index is 12.8. The molecule has 0 aromatic heterocycles. The van der Waals surface area contributed by atoms with Crippen LogP contribution in [0.15, 0.2) is 30.3 Å². The van der Waals surface area contributed by atoms with Crippen LogP contribution in [0.5, 0.6) is 0 Å². The summed E-state index contributed by atoms with van der Waals surface area (Å²) in [6.07, 6.45) is 1.32. The summed E-state index contributed by atoms with van der Waals surface area (Å²) < 4.78 is 10.9. The minimum absolute atomic E-state index is 0.0156. The third-order valence-corrected chi connectivity index (χ3v) is 3.95. The van der Waals surface area contributed by atoms with Crippen LogP contribution in [-0.2, 0) is 14.3 Å². The molecule has 2 unspecified atom stereocenters. The van der Waals surface area contributed by atoms with E-state index in [1.165, 1.54) is 0 Å². The Morgan fingerprint density at radius 2 is 1.88 bits per heavy atom. The topological polar surface area (TPSA) is 76.7 Å². The lowest BCUT2D eigenvalue weighted by molar-refractivity contribution is -0.124. The summed E-state index contributed by atoms with van der Waals surface area (Å²) >= 11 is 0. The Morgan fingerprint density at radius 1 is 1.20 bits per heavy atom. The van der Waals surface area contributed by atoms with Gasteiger partial charge in [0.25, 0.3) is 0 Å². The quantitative estimate of drug-likeness (QED) is 0.858. The molecule has 0 aliphatic carbocycles. The van der Waals surface area contributed by atoms with Gasteiger partial charge in [0, 0.05) is 6.61 Å². The first-order valence-corrected chi connectivity index (χ1v) is 8.73. The van der Waals surface area contributed by atoms with Gasteiger partial charge in [-0.2, -0.15) is 0 Å². The first-order valence-electron chi connectivity index (χ1n) is 8.73. The molecule has 0 radical (unpaired) electrons. The molecule has 1 aliphatic heterocycles. The number of amides is 2. The molecule has 1 heterocycles. The molecule has 2 amide bonds. The van der Waals surface area contributed by atoms with Crippen LogP contribution < -0.4 is 10.6 Å². The van der Waals surface area contributed by atoms with Crippen molar-refractivity contribution < 1.29 is 19.1 Å². The van der Waals surface area contributed by atoms with E-state index in [1.54, 1.807) is 32.9 Å². The lowest BCUT2D eigenvalue weighted by Crippen LogP contribution is -2.48. The van der Waals surface area contributed by atoms with Gasteiger partial charge >= 0.3 is 6.09 Å². The third kappa shape index (κ3) is 6.05. The normalized spacial score (nSPS) is 19.8. The second kappa shape index (κ2) is 8.34. The van der Waals surface area contributed by atoms with Gasteiger partial charge in [0.05, 0.1) is 12.1 Å². The lowest BCUT2D eigenvalue weighted by atomic mass is 10.0. The molecule has 1 fully saturated rings. The second-order valence-corrected chi connectivity index (χ2v) is 7.34. The van der Waals surface area contributed by atoms with Crippen LogP contribution in [0, 0.1) is 0 Å². The largest absolute Gasteiger partial charge is 0.444 e. The number of carbonyl (C=O) groups excluding carboxylic acids is 2. The number of nitrogens with one attached hydrogen (secondary N) is 2. The lowest BCUT2D eigenvalue weighted by Gasteiger charge is -2.26. The van der Waals surface area contributed by atoms with E-state index in [1.807, 2.05) is 25.1 Å². The molecule has 2 N–H and O–H groups in total. The van der Waals surface area contributed by atoms with Crippen LogP contribution >= 0.6 is 0 Å². The van der Waals surface area contributed by atoms with Gasteiger partial charge in [0.15, 0.2) is 0 Å². The third-order valence-electron chi connectivity index (χ3n) is 3.95. The Labute approximate surface area is 149 Å². The van der Waals surface area contributed by atoms with E-state index in [9.17, 15) is 9.59 Å². The highest BCUT2D eigenvalue weighted by Crippen LogP contribution is 2.18. The number of carbonyl (C=O) groups is 2. The molecule has 1 aliphatic rings. The first kappa shape index (κ1) is 19.2. The molecule has 1 aromatic carbocycles. The van der Waals surface area contributed by atoms with E-state index in [-0.39, 0.29) is 18.1 Å². The average molecular weight is 348 g/mol. The van der Waals surface area contributed by atoms with Gasteiger partial charge in [-0.05, 0) is 46.1 Å². The van der Waals surface area contributed by atoms with Crippen LogP contribution in [0.4, 0.5) is 4.79 Å². The minimum atomic E-state index is -0.820. The summed E-state index contributed by atoms with van der Waals surface area (Å²) in [5.41, 5.74) is 0.0673. The predicted molar refractivity (Wildman–Crippen MR) is 95.1 cm³/mol. The first-order chi connectivity index (χ1) is 11.8. The molecule has 0 spiro atoms. The standard InChI is InChI=1S/C19H28N2O4/c1-13(15-11-8-12-24-15)20-17(22)16(14-9-6-5-7-10-14)21-18(23)25-19(2,3)4/h5-7,9-10,13,15-16H,8,11-12H2,1-4H3,(H,20,22)(H,21,23)/t13?,15?,16-/m0/s1. The van der Waals surface area contributed by atoms with Gasteiger partial charge in [0.2, 0.25) is 5.91 Å². The van der Waals surface area contributed by atoms with E-state index in [2.05, 4.69) is 10.6 Å². The number of hydrogen-bond acceptors (Lipinski definition) is 4. The number of benzene rings is 1. The van der Waals surface area contributed by atoms with Crippen LogP contribution in [0.2, 0.25) is 0 Å². The van der Waals surface area contributed by atoms with E-state index in [0.717, 1.165) is 19.4 Å². The van der Waals surface area contributed by atoms with Gasteiger partial charge < -0.3 is 20.1 Å². The zero-order chi connectivity index (χ0) is 18.4. The molecule has 25 heavy (non-hydrogen) atoms. The molecule has 6 heteroatoms. The minimum Gasteiger partial charge on any atom is -0.444 e. The summed E-state index contributed by atoms with van der Waals surface area (Å²) in [5, 5.41) is 5.63. The molecule has 1 aromatic rings. The Kier molecular flexibility index (Phi) is 6.42. The Balaban J connectivity index is 2.08. The molecular weight excluding hydrogens is 320 g/mol. The van der Waals surface area contributed by atoms with Crippen molar-refractivity contribution in [1.82, 2.24) is 10.6 Å². The van der Waals surface area contributed by atoms with E-state index in [4.69, 9.17) is 9.47 Å². The Bertz CT molecular complexity index is 577. The van der Waals surface area contributed by atoms with Gasteiger partial charge in [-0.1, -0.05) is 30.3 Å². The van der Waals surface area contributed by atoms with Crippen molar-refractivity contribution in [2.45, 2.75) is 64.3 Å². The summed E-state index contributed by atoms with van der Waals surface area (Å²) in [7, 11) is 0. The van der Waals surface area contributed by atoms with Gasteiger partial charge in [-0.3, -0.25) is 4.79 Å². The molecule has 138 valence electrons. The maximum Gasteiger partial charge on any atom is 0.408 e. The molecule has 1 saturated heterocycles.